The highest BCUT2D eigenvalue weighted by Gasteiger charge is 1.97. The molecule has 2 rings (SSSR count). The normalized spacial score (nSPS) is 8.92. The van der Waals surface area contributed by atoms with Gasteiger partial charge in [0.2, 0.25) is 0 Å². The molecule has 1 aromatic heterocycles. The summed E-state index contributed by atoms with van der Waals surface area (Å²) < 4.78 is 0. The molecule has 66 valence electrons. The number of hydrogen-bond donors (Lipinski definition) is 0. The molecule has 0 radical (unpaired) electrons. The zero-order chi connectivity index (χ0) is 8.23. The minimum Gasteiger partial charge on any atom is -1.00 e. The van der Waals surface area contributed by atoms with Crippen LogP contribution in [0.4, 0.5) is 0 Å². The molecule has 3 heteroatoms. The third-order valence-corrected chi connectivity index (χ3v) is 1.68. The molecule has 0 aliphatic carbocycles. The fourth-order valence-electron chi connectivity index (χ4n) is 1.10. The molecule has 0 amide bonds. The van der Waals surface area contributed by atoms with Gasteiger partial charge in [-0.05, 0) is 11.2 Å². The Morgan fingerprint density at radius 2 is 1.69 bits per heavy atom. The first-order valence-electron chi connectivity index (χ1n) is 3.85. The molecule has 0 aliphatic rings. The molecule has 1 N–H and O–H groups in total. The van der Waals surface area contributed by atoms with E-state index in [1.54, 1.807) is 6.20 Å². The highest BCUT2D eigenvalue weighted by atomic mass is 35.5. The Hall–Kier alpha value is -1.41. The standard InChI is InChI=1S/C10H8N2.ClH/c1-2-5-9(6-3-1)10-7-4-8-11-12-10;/h1-8H;1H. The van der Waals surface area contributed by atoms with E-state index in [9.17, 15) is 0 Å². The third kappa shape index (κ3) is 2.26. The minimum atomic E-state index is 0. The smallest absolute Gasteiger partial charge is 0.193 e. The number of aromatic nitrogens is 2. The van der Waals surface area contributed by atoms with Crippen molar-refractivity contribution in [2.24, 2.45) is 0 Å². The summed E-state index contributed by atoms with van der Waals surface area (Å²) in [6.07, 6.45) is 1.80. The van der Waals surface area contributed by atoms with E-state index < -0.39 is 0 Å². The zero-order valence-electron chi connectivity index (χ0n) is 6.94. The van der Waals surface area contributed by atoms with Crippen molar-refractivity contribution >= 4 is 0 Å². The topological polar surface area (TPSA) is 27.0 Å². The number of halogens is 1. The molecule has 0 atom stereocenters. The van der Waals surface area contributed by atoms with Crippen LogP contribution in [-0.4, -0.2) is 5.10 Å². The number of hydrogen-bond acceptors (Lipinski definition) is 1. The van der Waals surface area contributed by atoms with Crippen molar-refractivity contribution < 1.29 is 17.5 Å². The fourth-order valence-corrected chi connectivity index (χ4v) is 1.10. The van der Waals surface area contributed by atoms with Crippen LogP contribution in [0.5, 0.6) is 0 Å². The van der Waals surface area contributed by atoms with Crippen LogP contribution in [-0.2, 0) is 0 Å². The second-order valence-electron chi connectivity index (χ2n) is 2.52. The van der Waals surface area contributed by atoms with Crippen molar-refractivity contribution in [3.63, 3.8) is 0 Å². The van der Waals surface area contributed by atoms with Crippen LogP contribution in [0.3, 0.4) is 0 Å². The Balaban J connectivity index is 0.000000845. The highest BCUT2D eigenvalue weighted by Crippen LogP contribution is 2.12. The van der Waals surface area contributed by atoms with Crippen LogP contribution < -0.4 is 17.5 Å². The lowest BCUT2D eigenvalue weighted by molar-refractivity contribution is -0.453. The molecule has 1 aromatic carbocycles. The SMILES string of the molecule is [Cl-].c1ccc(-c2ccc[nH+]n2)cc1. The van der Waals surface area contributed by atoms with Gasteiger partial charge < -0.3 is 12.4 Å². The summed E-state index contributed by atoms with van der Waals surface area (Å²) in [6.45, 7) is 0. The van der Waals surface area contributed by atoms with Gasteiger partial charge in [-0.2, -0.15) is 0 Å². The van der Waals surface area contributed by atoms with E-state index in [1.165, 1.54) is 0 Å². The van der Waals surface area contributed by atoms with Crippen molar-refractivity contribution in [3.8, 4) is 11.3 Å². The summed E-state index contributed by atoms with van der Waals surface area (Å²) in [5, 5.41) is 6.93. The predicted molar refractivity (Wildman–Crippen MR) is 46.2 cm³/mol. The van der Waals surface area contributed by atoms with Crippen molar-refractivity contribution in [1.29, 1.82) is 0 Å². The van der Waals surface area contributed by atoms with Crippen molar-refractivity contribution in [2.75, 3.05) is 0 Å². The number of nitrogens with one attached hydrogen (secondary N) is 1. The van der Waals surface area contributed by atoms with Crippen molar-refractivity contribution in [1.82, 2.24) is 5.10 Å². The zero-order valence-corrected chi connectivity index (χ0v) is 7.70. The van der Waals surface area contributed by atoms with Crippen LogP contribution in [0.15, 0.2) is 48.7 Å². The second kappa shape index (κ2) is 4.58. The van der Waals surface area contributed by atoms with E-state index in [2.05, 4.69) is 10.2 Å². The molecule has 1 heterocycles. The van der Waals surface area contributed by atoms with E-state index >= 15 is 0 Å². The molecule has 0 spiro atoms. The predicted octanol–water partition coefficient (Wildman–Crippen LogP) is -1.43. The van der Waals surface area contributed by atoms with Crippen LogP contribution in [0.1, 0.15) is 0 Å². The number of aromatic amines is 1. The van der Waals surface area contributed by atoms with E-state index in [1.807, 2.05) is 42.5 Å². The van der Waals surface area contributed by atoms with Gasteiger partial charge in [-0.15, -0.1) is 5.10 Å². The number of nitrogens with zero attached hydrogens (tertiary/aromatic N) is 1. The average molecular weight is 193 g/mol. The quantitative estimate of drug-likeness (QED) is 0.544. The van der Waals surface area contributed by atoms with E-state index in [4.69, 9.17) is 0 Å². The molecule has 2 nitrogen and oxygen atoms in total. The number of H-pyrrole nitrogens is 1. The molecule has 0 saturated carbocycles. The number of benzene rings is 1. The summed E-state index contributed by atoms with van der Waals surface area (Å²) in [7, 11) is 0. The average Bonchev–Trinajstić information content (AvgIpc) is 2.21. The molecule has 0 unspecified atom stereocenters. The Morgan fingerprint density at radius 3 is 2.31 bits per heavy atom. The molecule has 0 saturated heterocycles. The van der Waals surface area contributed by atoms with Crippen LogP contribution in [0.25, 0.3) is 11.3 Å². The van der Waals surface area contributed by atoms with Gasteiger partial charge in [0.1, 0.15) is 5.69 Å². The van der Waals surface area contributed by atoms with Gasteiger partial charge in [0.15, 0.2) is 6.20 Å². The van der Waals surface area contributed by atoms with Crippen molar-refractivity contribution in [3.05, 3.63) is 48.7 Å². The molecule has 0 bridgehead atoms. The van der Waals surface area contributed by atoms with Gasteiger partial charge in [-0.3, -0.25) is 0 Å². The summed E-state index contributed by atoms with van der Waals surface area (Å²) in [4.78, 5) is 0. The lowest BCUT2D eigenvalue weighted by atomic mass is 10.1. The highest BCUT2D eigenvalue weighted by molar-refractivity contribution is 5.57. The Bertz CT molecular complexity index is 310. The largest absolute Gasteiger partial charge is 1.00 e. The van der Waals surface area contributed by atoms with Gasteiger partial charge >= 0.3 is 0 Å². The first kappa shape index (κ1) is 9.68. The maximum absolute atomic E-state index is 4.12. The maximum Gasteiger partial charge on any atom is 0.193 e. The van der Waals surface area contributed by atoms with E-state index in [-0.39, 0.29) is 12.4 Å². The monoisotopic (exact) mass is 192 g/mol. The lowest BCUT2D eigenvalue weighted by Crippen LogP contribution is -3.00. The first-order chi connectivity index (χ1) is 5.97. The molecular formula is C10H9ClN2. The first-order valence-corrected chi connectivity index (χ1v) is 3.85. The lowest BCUT2D eigenvalue weighted by Gasteiger charge is -1.93. The van der Waals surface area contributed by atoms with Crippen LogP contribution in [0, 0.1) is 0 Å². The van der Waals surface area contributed by atoms with Gasteiger partial charge in [-0.25, -0.2) is 0 Å². The van der Waals surface area contributed by atoms with E-state index in [0.717, 1.165) is 11.3 Å². The minimum absolute atomic E-state index is 0. The van der Waals surface area contributed by atoms with Crippen LogP contribution >= 0.6 is 0 Å². The molecular weight excluding hydrogens is 184 g/mol. The summed E-state index contributed by atoms with van der Waals surface area (Å²) in [6, 6.07) is 14.0. The summed E-state index contributed by atoms with van der Waals surface area (Å²) >= 11 is 0. The molecule has 0 fully saturated rings. The Morgan fingerprint density at radius 1 is 0.923 bits per heavy atom. The van der Waals surface area contributed by atoms with Crippen LogP contribution in [0.2, 0.25) is 0 Å². The summed E-state index contributed by atoms with van der Waals surface area (Å²) in [5.74, 6) is 0. The Labute approximate surface area is 83.0 Å². The third-order valence-electron chi connectivity index (χ3n) is 1.68. The maximum atomic E-state index is 4.12. The molecule has 13 heavy (non-hydrogen) atoms. The second-order valence-corrected chi connectivity index (χ2v) is 2.52. The fraction of sp³-hybridized carbons (Fsp3) is 0. The Kier molecular flexibility index (Phi) is 3.41. The molecule has 2 aromatic rings. The molecule has 0 aliphatic heterocycles. The van der Waals surface area contributed by atoms with Gasteiger partial charge in [0.25, 0.3) is 0 Å². The van der Waals surface area contributed by atoms with Gasteiger partial charge in [-0.1, -0.05) is 30.3 Å². The van der Waals surface area contributed by atoms with Crippen molar-refractivity contribution in [2.45, 2.75) is 0 Å². The summed E-state index contributed by atoms with van der Waals surface area (Å²) in [5.41, 5.74) is 2.10. The van der Waals surface area contributed by atoms with E-state index in [0.29, 0.717) is 0 Å². The van der Waals surface area contributed by atoms with Gasteiger partial charge in [0, 0.05) is 11.6 Å². The van der Waals surface area contributed by atoms with Gasteiger partial charge in [0.05, 0.1) is 0 Å². The number of rotatable bonds is 1.